The van der Waals surface area contributed by atoms with E-state index in [-0.39, 0.29) is 18.4 Å². The molecule has 0 bridgehead atoms. The number of nitrogens with two attached hydrogens (primary N) is 1. The molecule has 106 valence electrons. The molecule has 2 N–H and O–H groups in total. The number of hydrogen-bond acceptors (Lipinski definition) is 4. The van der Waals surface area contributed by atoms with Crippen LogP contribution in [0.25, 0.3) is 0 Å². The molecule has 1 saturated carbocycles. The van der Waals surface area contributed by atoms with Crippen LogP contribution in [-0.4, -0.2) is 16.2 Å². The molecular formula is C14H15F2N3O. The molecule has 3 rings (SSSR count). The number of aromatic nitrogens is 2. The Morgan fingerprint density at radius 2 is 2.15 bits per heavy atom. The first kappa shape index (κ1) is 13.2. The van der Waals surface area contributed by atoms with Crippen molar-refractivity contribution >= 4 is 0 Å². The lowest BCUT2D eigenvalue weighted by atomic mass is 10.1. The van der Waals surface area contributed by atoms with E-state index in [2.05, 4.69) is 10.1 Å². The van der Waals surface area contributed by atoms with Gasteiger partial charge in [-0.3, -0.25) is 0 Å². The summed E-state index contributed by atoms with van der Waals surface area (Å²) in [7, 11) is 0. The highest BCUT2D eigenvalue weighted by Gasteiger charge is 2.27. The van der Waals surface area contributed by atoms with Gasteiger partial charge in [0.15, 0.2) is 5.82 Å². The van der Waals surface area contributed by atoms with Crippen LogP contribution in [0.4, 0.5) is 8.78 Å². The van der Waals surface area contributed by atoms with E-state index in [1.807, 2.05) is 0 Å². The van der Waals surface area contributed by atoms with Gasteiger partial charge in [0.25, 0.3) is 0 Å². The number of benzene rings is 1. The average molecular weight is 279 g/mol. The molecule has 1 aliphatic carbocycles. The maximum absolute atomic E-state index is 13.6. The first-order valence-corrected chi connectivity index (χ1v) is 6.64. The van der Waals surface area contributed by atoms with Crippen molar-refractivity contribution in [1.82, 2.24) is 10.1 Å². The molecule has 0 aliphatic heterocycles. The zero-order valence-electron chi connectivity index (χ0n) is 10.9. The molecule has 2 atom stereocenters. The van der Waals surface area contributed by atoms with Crippen molar-refractivity contribution < 1.29 is 13.3 Å². The molecule has 0 radical (unpaired) electrons. The molecule has 2 aromatic rings. The topological polar surface area (TPSA) is 64.9 Å². The lowest BCUT2D eigenvalue weighted by Gasteiger charge is -2.01. The van der Waals surface area contributed by atoms with Crippen molar-refractivity contribution in [2.45, 2.75) is 37.6 Å². The van der Waals surface area contributed by atoms with Gasteiger partial charge in [0, 0.05) is 24.4 Å². The average Bonchev–Trinajstić information content (AvgIpc) is 3.02. The van der Waals surface area contributed by atoms with Gasteiger partial charge < -0.3 is 10.3 Å². The molecule has 1 fully saturated rings. The summed E-state index contributed by atoms with van der Waals surface area (Å²) in [6, 6.07) is 3.65. The first-order chi connectivity index (χ1) is 9.61. The van der Waals surface area contributed by atoms with Gasteiger partial charge in [0.2, 0.25) is 5.89 Å². The van der Waals surface area contributed by atoms with E-state index in [1.165, 1.54) is 12.1 Å². The highest BCUT2D eigenvalue weighted by Crippen LogP contribution is 2.32. The molecule has 6 heteroatoms. The Morgan fingerprint density at radius 1 is 1.30 bits per heavy atom. The molecule has 1 aromatic carbocycles. The number of halogens is 2. The van der Waals surface area contributed by atoms with E-state index in [4.69, 9.17) is 10.3 Å². The lowest BCUT2D eigenvalue weighted by Crippen LogP contribution is -2.14. The fraction of sp³-hybridized carbons (Fsp3) is 0.429. The van der Waals surface area contributed by atoms with Crippen LogP contribution in [0.3, 0.4) is 0 Å². The smallest absolute Gasteiger partial charge is 0.229 e. The van der Waals surface area contributed by atoms with Crippen molar-refractivity contribution in [3.8, 4) is 0 Å². The van der Waals surface area contributed by atoms with E-state index in [0.717, 1.165) is 25.3 Å². The Morgan fingerprint density at radius 3 is 2.85 bits per heavy atom. The van der Waals surface area contributed by atoms with E-state index in [0.29, 0.717) is 17.3 Å². The Labute approximate surface area is 115 Å². The third kappa shape index (κ3) is 2.70. The predicted molar refractivity (Wildman–Crippen MR) is 68.0 cm³/mol. The zero-order valence-corrected chi connectivity index (χ0v) is 10.9. The maximum atomic E-state index is 13.6. The van der Waals surface area contributed by atoms with Crippen molar-refractivity contribution in [3.63, 3.8) is 0 Å². The summed E-state index contributed by atoms with van der Waals surface area (Å²) in [5, 5.41) is 3.86. The van der Waals surface area contributed by atoms with Crippen molar-refractivity contribution in [2.75, 3.05) is 0 Å². The van der Waals surface area contributed by atoms with E-state index in [1.54, 1.807) is 0 Å². The van der Waals surface area contributed by atoms with Crippen LogP contribution in [0.5, 0.6) is 0 Å². The van der Waals surface area contributed by atoms with Gasteiger partial charge in [0.1, 0.15) is 11.6 Å². The minimum Gasteiger partial charge on any atom is -0.339 e. The summed E-state index contributed by atoms with van der Waals surface area (Å²) in [5.74, 6) is -0.0232. The molecule has 0 spiro atoms. The second kappa shape index (κ2) is 5.28. The molecule has 20 heavy (non-hydrogen) atoms. The normalized spacial score (nSPS) is 22.4. The third-order valence-corrected chi connectivity index (χ3v) is 3.67. The van der Waals surface area contributed by atoms with Crippen LogP contribution in [0.15, 0.2) is 22.7 Å². The predicted octanol–water partition coefficient (Wildman–Crippen LogP) is 2.53. The molecule has 0 saturated heterocycles. The van der Waals surface area contributed by atoms with Crippen LogP contribution in [0.2, 0.25) is 0 Å². The maximum Gasteiger partial charge on any atom is 0.229 e. The van der Waals surface area contributed by atoms with Crippen LogP contribution in [0.1, 0.15) is 42.5 Å². The van der Waals surface area contributed by atoms with Gasteiger partial charge in [0.05, 0.1) is 0 Å². The van der Waals surface area contributed by atoms with Crippen molar-refractivity contribution in [2.24, 2.45) is 5.73 Å². The fourth-order valence-electron chi connectivity index (χ4n) is 2.58. The van der Waals surface area contributed by atoms with Crippen LogP contribution < -0.4 is 5.73 Å². The van der Waals surface area contributed by atoms with Gasteiger partial charge in [-0.25, -0.2) is 8.78 Å². The standard InChI is InChI=1S/C14H15F2N3O/c15-10-3-1-8(12(16)7-10)6-13-18-14(20-19-13)9-2-4-11(17)5-9/h1,3,7,9,11H,2,4-6,17H2/t9-,11+/m1/s1. The summed E-state index contributed by atoms with van der Waals surface area (Å²) in [4.78, 5) is 4.29. The number of rotatable bonds is 3. The largest absolute Gasteiger partial charge is 0.339 e. The number of nitrogens with zero attached hydrogens (tertiary/aromatic N) is 2. The number of hydrogen-bond donors (Lipinski definition) is 1. The quantitative estimate of drug-likeness (QED) is 0.937. The van der Waals surface area contributed by atoms with Gasteiger partial charge >= 0.3 is 0 Å². The van der Waals surface area contributed by atoms with Crippen LogP contribution in [0, 0.1) is 11.6 Å². The first-order valence-electron chi connectivity index (χ1n) is 6.64. The van der Waals surface area contributed by atoms with Crippen molar-refractivity contribution in [1.29, 1.82) is 0 Å². The van der Waals surface area contributed by atoms with E-state index in [9.17, 15) is 8.78 Å². The van der Waals surface area contributed by atoms with E-state index >= 15 is 0 Å². The van der Waals surface area contributed by atoms with Crippen LogP contribution in [-0.2, 0) is 6.42 Å². The minimum atomic E-state index is -0.598. The molecule has 0 amide bonds. The summed E-state index contributed by atoms with van der Waals surface area (Å²) in [6.45, 7) is 0. The SMILES string of the molecule is N[C@H]1CC[C@@H](c2nc(Cc3ccc(F)cc3F)no2)C1. The molecule has 1 aliphatic rings. The van der Waals surface area contributed by atoms with Gasteiger partial charge in [-0.2, -0.15) is 4.98 Å². The highest BCUT2D eigenvalue weighted by atomic mass is 19.1. The molecule has 1 heterocycles. The summed E-state index contributed by atoms with van der Waals surface area (Å²) < 4.78 is 31.6. The molecule has 4 nitrogen and oxygen atoms in total. The lowest BCUT2D eigenvalue weighted by molar-refractivity contribution is 0.349. The van der Waals surface area contributed by atoms with Crippen LogP contribution >= 0.6 is 0 Å². The molecule has 0 unspecified atom stereocenters. The summed E-state index contributed by atoms with van der Waals surface area (Å²) in [5.41, 5.74) is 6.20. The minimum absolute atomic E-state index is 0.185. The summed E-state index contributed by atoms with van der Waals surface area (Å²) in [6.07, 6.45) is 2.92. The Hall–Kier alpha value is -1.82. The van der Waals surface area contributed by atoms with E-state index < -0.39 is 11.6 Å². The Balaban J connectivity index is 1.74. The highest BCUT2D eigenvalue weighted by molar-refractivity contribution is 5.21. The second-order valence-electron chi connectivity index (χ2n) is 5.23. The van der Waals surface area contributed by atoms with Gasteiger partial charge in [-0.1, -0.05) is 11.2 Å². The Bertz CT molecular complexity index is 614. The zero-order chi connectivity index (χ0) is 14.1. The third-order valence-electron chi connectivity index (χ3n) is 3.67. The Kier molecular flexibility index (Phi) is 3.48. The van der Waals surface area contributed by atoms with Crippen molar-refractivity contribution in [3.05, 3.63) is 47.1 Å². The second-order valence-corrected chi connectivity index (χ2v) is 5.23. The van der Waals surface area contributed by atoms with Gasteiger partial charge in [-0.15, -0.1) is 0 Å². The summed E-state index contributed by atoms with van der Waals surface area (Å²) >= 11 is 0. The molecule has 1 aromatic heterocycles. The van der Waals surface area contributed by atoms with Gasteiger partial charge in [-0.05, 0) is 30.9 Å². The monoisotopic (exact) mass is 279 g/mol. The fourth-order valence-corrected chi connectivity index (χ4v) is 2.58. The molecular weight excluding hydrogens is 264 g/mol.